The van der Waals surface area contributed by atoms with Crippen LogP contribution in [0.2, 0.25) is 0 Å². The van der Waals surface area contributed by atoms with Gasteiger partial charge < -0.3 is 10.2 Å². The predicted molar refractivity (Wildman–Crippen MR) is 106 cm³/mol. The van der Waals surface area contributed by atoms with Crippen LogP contribution in [0.5, 0.6) is 0 Å². The highest BCUT2D eigenvalue weighted by atomic mass is 32.2. The van der Waals surface area contributed by atoms with Gasteiger partial charge in [0.05, 0.1) is 17.3 Å². The van der Waals surface area contributed by atoms with Gasteiger partial charge in [0.25, 0.3) is 0 Å². The SMILES string of the molecule is CC(C)CNC(=O)C1CSC2(CCN(C(=O)Cc3ccccc3)CC2)N1. The van der Waals surface area contributed by atoms with Gasteiger partial charge in [-0.2, -0.15) is 0 Å². The lowest BCUT2D eigenvalue weighted by Crippen LogP contribution is -2.54. The molecule has 5 nitrogen and oxygen atoms in total. The molecule has 0 bridgehead atoms. The van der Waals surface area contributed by atoms with Gasteiger partial charge in [-0.15, -0.1) is 11.8 Å². The smallest absolute Gasteiger partial charge is 0.238 e. The van der Waals surface area contributed by atoms with Crippen molar-refractivity contribution >= 4 is 23.6 Å². The average molecular weight is 376 g/mol. The minimum absolute atomic E-state index is 0.0522. The van der Waals surface area contributed by atoms with Gasteiger partial charge in [0.15, 0.2) is 0 Å². The van der Waals surface area contributed by atoms with Crippen LogP contribution in [-0.4, -0.2) is 53.0 Å². The van der Waals surface area contributed by atoms with Crippen molar-refractivity contribution in [3.8, 4) is 0 Å². The molecule has 142 valence electrons. The molecule has 26 heavy (non-hydrogen) atoms. The number of hydrogen-bond acceptors (Lipinski definition) is 4. The highest BCUT2D eigenvalue weighted by Gasteiger charge is 2.44. The number of thioether (sulfide) groups is 1. The summed E-state index contributed by atoms with van der Waals surface area (Å²) < 4.78 is 0. The highest BCUT2D eigenvalue weighted by molar-refractivity contribution is 8.01. The summed E-state index contributed by atoms with van der Waals surface area (Å²) >= 11 is 1.84. The molecule has 6 heteroatoms. The molecule has 2 saturated heterocycles. The van der Waals surface area contributed by atoms with E-state index in [0.29, 0.717) is 12.3 Å². The number of amides is 2. The molecule has 2 aliphatic rings. The predicted octanol–water partition coefficient (Wildman–Crippen LogP) is 2.02. The Kier molecular flexibility index (Phi) is 6.24. The number of likely N-dealkylation sites (tertiary alicyclic amines) is 1. The molecule has 2 amide bonds. The Labute approximate surface area is 160 Å². The number of nitrogens with zero attached hydrogens (tertiary/aromatic N) is 1. The number of carbonyl (C=O) groups excluding carboxylic acids is 2. The third-order valence-corrected chi connectivity index (χ3v) is 6.67. The van der Waals surface area contributed by atoms with Crippen LogP contribution in [0.4, 0.5) is 0 Å². The third kappa shape index (κ3) is 4.80. The number of hydrogen-bond donors (Lipinski definition) is 2. The van der Waals surface area contributed by atoms with E-state index in [0.717, 1.165) is 43.8 Å². The first-order valence-electron chi connectivity index (χ1n) is 9.48. The molecule has 3 rings (SSSR count). The number of carbonyl (C=O) groups is 2. The second-order valence-corrected chi connectivity index (χ2v) is 9.09. The van der Waals surface area contributed by atoms with Gasteiger partial charge in [-0.25, -0.2) is 0 Å². The van der Waals surface area contributed by atoms with Crippen LogP contribution >= 0.6 is 11.8 Å². The van der Waals surface area contributed by atoms with Crippen molar-refractivity contribution in [2.45, 2.75) is 44.0 Å². The van der Waals surface area contributed by atoms with E-state index >= 15 is 0 Å². The molecule has 2 N–H and O–H groups in total. The number of benzene rings is 1. The quantitative estimate of drug-likeness (QED) is 0.827. The Bertz CT molecular complexity index is 627. The summed E-state index contributed by atoms with van der Waals surface area (Å²) in [6, 6.07) is 9.78. The molecule has 2 aliphatic heterocycles. The maximum atomic E-state index is 12.5. The van der Waals surface area contributed by atoms with E-state index in [2.05, 4.69) is 24.5 Å². The Morgan fingerprint density at radius 1 is 1.27 bits per heavy atom. The van der Waals surface area contributed by atoms with Gasteiger partial charge in [-0.3, -0.25) is 14.9 Å². The van der Waals surface area contributed by atoms with E-state index < -0.39 is 0 Å². The second-order valence-electron chi connectivity index (χ2n) is 7.68. The Balaban J connectivity index is 1.47. The Morgan fingerprint density at radius 2 is 1.96 bits per heavy atom. The first-order valence-corrected chi connectivity index (χ1v) is 10.5. The van der Waals surface area contributed by atoms with Crippen LogP contribution in [0.25, 0.3) is 0 Å². The van der Waals surface area contributed by atoms with Gasteiger partial charge in [-0.1, -0.05) is 44.2 Å². The van der Waals surface area contributed by atoms with Crippen LogP contribution in [0.15, 0.2) is 30.3 Å². The lowest BCUT2D eigenvalue weighted by molar-refractivity contribution is -0.132. The zero-order chi connectivity index (χ0) is 18.6. The molecule has 1 aromatic rings. The number of piperidine rings is 1. The van der Waals surface area contributed by atoms with Crippen molar-refractivity contribution in [2.24, 2.45) is 5.92 Å². The molecule has 1 aromatic carbocycles. The highest BCUT2D eigenvalue weighted by Crippen LogP contribution is 2.39. The summed E-state index contributed by atoms with van der Waals surface area (Å²) in [6.45, 7) is 6.43. The summed E-state index contributed by atoms with van der Waals surface area (Å²) in [7, 11) is 0. The van der Waals surface area contributed by atoms with Gasteiger partial charge in [0.1, 0.15) is 0 Å². The number of nitrogens with one attached hydrogen (secondary N) is 2. The van der Waals surface area contributed by atoms with Gasteiger partial charge >= 0.3 is 0 Å². The van der Waals surface area contributed by atoms with E-state index in [1.165, 1.54) is 0 Å². The molecule has 1 spiro atoms. The fourth-order valence-corrected chi connectivity index (χ4v) is 4.92. The van der Waals surface area contributed by atoms with Gasteiger partial charge in [0.2, 0.25) is 11.8 Å². The molecule has 0 saturated carbocycles. The molecule has 1 atom stereocenters. The molecule has 0 aromatic heterocycles. The van der Waals surface area contributed by atoms with Crippen LogP contribution in [0.1, 0.15) is 32.3 Å². The first kappa shape index (κ1) is 19.2. The molecule has 0 aliphatic carbocycles. The minimum Gasteiger partial charge on any atom is -0.354 e. The summed E-state index contributed by atoms with van der Waals surface area (Å²) in [4.78, 5) is 26.7. The summed E-state index contributed by atoms with van der Waals surface area (Å²) in [5, 5.41) is 6.57. The average Bonchev–Trinajstić information content (AvgIpc) is 3.05. The van der Waals surface area contributed by atoms with Gasteiger partial charge in [-0.05, 0) is 24.3 Å². The summed E-state index contributed by atoms with van der Waals surface area (Å²) in [5.41, 5.74) is 1.06. The van der Waals surface area contributed by atoms with E-state index in [1.54, 1.807) is 0 Å². The fourth-order valence-electron chi connectivity index (χ4n) is 3.50. The van der Waals surface area contributed by atoms with E-state index in [4.69, 9.17) is 0 Å². The largest absolute Gasteiger partial charge is 0.354 e. The zero-order valence-corrected chi connectivity index (χ0v) is 16.5. The lowest BCUT2D eigenvalue weighted by atomic mass is 10.0. The Hall–Kier alpha value is -1.53. The van der Waals surface area contributed by atoms with E-state index in [1.807, 2.05) is 47.0 Å². The zero-order valence-electron chi connectivity index (χ0n) is 15.7. The van der Waals surface area contributed by atoms with Crippen molar-refractivity contribution in [3.63, 3.8) is 0 Å². The van der Waals surface area contributed by atoms with Crippen LogP contribution in [-0.2, 0) is 16.0 Å². The first-order chi connectivity index (χ1) is 12.5. The molecule has 1 unspecified atom stereocenters. The number of rotatable bonds is 5. The van der Waals surface area contributed by atoms with Crippen LogP contribution in [0, 0.1) is 5.92 Å². The van der Waals surface area contributed by atoms with Crippen molar-refractivity contribution < 1.29 is 9.59 Å². The monoisotopic (exact) mass is 375 g/mol. The molecular formula is C20H29N3O2S. The molecular weight excluding hydrogens is 346 g/mol. The second kappa shape index (κ2) is 8.44. The fraction of sp³-hybridized carbons (Fsp3) is 0.600. The molecule has 0 radical (unpaired) electrons. The summed E-state index contributed by atoms with van der Waals surface area (Å²) in [5.74, 6) is 1.56. The van der Waals surface area contributed by atoms with E-state index in [9.17, 15) is 9.59 Å². The van der Waals surface area contributed by atoms with Crippen molar-refractivity contribution in [3.05, 3.63) is 35.9 Å². The maximum absolute atomic E-state index is 12.5. The topological polar surface area (TPSA) is 61.4 Å². The maximum Gasteiger partial charge on any atom is 0.238 e. The standard InChI is InChI=1S/C20H29N3O2S/c1-15(2)13-21-19(25)17-14-26-20(22-17)8-10-23(11-9-20)18(24)12-16-6-4-3-5-7-16/h3-7,15,17,22H,8-14H2,1-2H3,(H,21,25). The Morgan fingerprint density at radius 3 is 2.62 bits per heavy atom. The van der Waals surface area contributed by atoms with Crippen LogP contribution in [0.3, 0.4) is 0 Å². The third-order valence-electron chi connectivity index (χ3n) is 5.09. The lowest BCUT2D eigenvalue weighted by Gasteiger charge is -2.39. The minimum atomic E-state index is -0.120. The molecule has 2 heterocycles. The molecule has 2 fully saturated rings. The van der Waals surface area contributed by atoms with Crippen molar-refractivity contribution in [2.75, 3.05) is 25.4 Å². The van der Waals surface area contributed by atoms with Crippen molar-refractivity contribution in [1.29, 1.82) is 0 Å². The normalized spacial score (nSPS) is 22.0. The summed E-state index contributed by atoms with van der Waals surface area (Å²) in [6.07, 6.45) is 2.26. The van der Waals surface area contributed by atoms with Crippen molar-refractivity contribution in [1.82, 2.24) is 15.5 Å². The van der Waals surface area contributed by atoms with Gasteiger partial charge in [0, 0.05) is 25.4 Å². The van der Waals surface area contributed by atoms with Crippen LogP contribution < -0.4 is 10.6 Å². The van der Waals surface area contributed by atoms with E-state index in [-0.39, 0.29) is 22.7 Å².